The summed E-state index contributed by atoms with van der Waals surface area (Å²) in [4.78, 5) is 11.4. The number of carbonyl (C=O) groups excluding carboxylic acids is 1. The highest BCUT2D eigenvalue weighted by molar-refractivity contribution is 5.85. The molecule has 0 saturated carbocycles. The monoisotopic (exact) mass is 173 g/mol. The lowest BCUT2D eigenvalue weighted by Gasteiger charge is -2.19. The summed E-state index contributed by atoms with van der Waals surface area (Å²) in [7, 11) is 0. The predicted octanol–water partition coefficient (Wildman–Crippen LogP) is 0.570. The van der Waals surface area contributed by atoms with Gasteiger partial charge in [-0.2, -0.15) is 0 Å². The van der Waals surface area contributed by atoms with Crippen LogP contribution >= 0.6 is 0 Å². The maximum absolute atomic E-state index is 11.4. The zero-order valence-electron chi connectivity index (χ0n) is 8.29. The molecule has 72 valence electrons. The number of aliphatic hydroxyl groups is 1. The van der Waals surface area contributed by atoms with Crippen molar-refractivity contribution in [3.05, 3.63) is 0 Å². The van der Waals surface area contributed by atoms with Gasteiger partial charge in [-0.15, -0.1) is 0 Å². The molecule has 12 heavy (non-hydrogen) atoms. The molecule has 0 saturated heterocycles. The zero-order valence-corrected chi connectivity index (χ0v) is 8.29. The van der Waals surface area contributed by atoms with Gasteiger partial charge < -0.3 is 10.4 Å². The molecular formula is C9H19NO2. The van der Waals surface area contributed by atoms with Crippen LogP contribution in [-0.4, -0.2) is 29.6 Å². The van der Waals surface area contributed by atoms with Crippen molar-refractivity contribution < 1.29 is 9.90 Å². The molecule has 0 aromatic carbocycles. The average Bonchev–Trinajstić information content (AvgIpc) is 1.98. The third-order valence-corrected chi connectivity index (χ3v) is 1.63. The van der Waals surface area contributed by atoms with Crippen molar-refractivity contribution >= 4 is 5.78 Å². The Morgan fingerprint density at radius 1 is 1.33 bits per heavy atom. The van der Waals surface area contributed by atoms with E-state index in [-0.39, 0.29) is 24.3 Å². The van der Waals surface area contributed by atoms with Crippen LogP contribution in [0, 0.1) is 5.92 Å². The minimum atomic E-state index is -0.398. The van der Waals surface area contributed by atoms with E-state index >= 15 is 0 Å². The molecule has 1 atom stereocenters. The van der Waals surface area contributed by atoms with Crippen LogP contribution in [0.15, 0.2) is 0 Å². The van der Waals surface area contributed by atoms with Gasteiger partial charge in [-0.1, -0.05) is 27.7 Å². The average molecular weight is 173 g/mol. The summed E-state index contributed by atoms with van der Waals surface area (Å²) in [6.07, 6.45) is 0. The number of Topliss-reactive ketones (excluding diaryl/α,β-unsaturated/α-hetero) is 1. The molecule has 0 rings (SSSR count). The van der Waals surface area contributed by atoms with E-state index in [1.807, 2.05) is 27.7 Å². The Kier molecular flexibility index (Phi) is 5.09. The minimum Gasteiger partial charge on any atom is -0.394 e. The first kappa shape index (κ1) is 11.6. The Morgan fingerprint density at radius 3 is 2.08 bits per heavy atom. The summed E-state index contributed by atoms with van der Waals surface area (Å²) >= 11 is 0. The summed E-state index contributed by atoms with van der Waals surface area (Å²) in [5.74, 6) is 0.0552. The van der Waals surface area contributed by atoms with Crippen molar-refractivity contribution in [2.45, 2.75) is 39.8 Å². The summed E-state index contributed by atoms with van der Waals surface area (Å²) < 4.78 is 0. The topological polar surface area (TPSA) is 49.3 Å². The molecule has 0 heterocycles. The fourth-order valence-electron chi connectivity index (χ4n) is 1.03. The molecule has 2 N–H and O–H groups in total. The molecule has 0 aliphatic carbocycles. The van der Waals surface area contributed by atoms with Crippen LogP contribution in [0.4, 0.5) is 0 Å². The van der Waals surface area contributed by atoms with Gasteiger partial charge in [-0.25, -0.2) is 0 Å². The first-order valence-corrected chi connectivity index (χ1v) is 4.39. The number of ketones is 1. The molecule has 0 bridgehead atoms. The Morgan fingerprint density at radius 2 is 1.83 bits per heavy atom. The number of aliphatic hydroxyl groups excluding tert-OH is 1. The highest BCUT2D eigenvalue weighted by Gasteiger charge is 2.20. The summed E-state index contributed by atoms with van der Waals surface area (Å²) in [5, 5.41) is 11.9. The maximum atomic E-state index is 11.4. The third kappa shape index (κ3) is 3.83. The molecule has 3 nitrogen and oxygen atoms in total. The first-order chi connectivity index (χ1) is 5.49. The van der Waals surface area contributed by atoms with Crippen LogP contribution < -0.4 is 5.32 Å². The van der Waals surface area contributed by atoms with Gasteiger partial charge in [-0.05, 0) is 0 Å². The normalized spacial score (nSPS) is 13.9. The fraction of sp³-hybridized carbons (Fsp3) is 0.889. The Bertz CT molecular complexity index is 143. The van der Waals surface area contributed by atoms with E-state index in [4.69, 9.17) is 5.11 Å². The Labute approximate surface area is 74.2 Å². The SMILES string of the molecule is CC(C)N[C@@H](CO)C(=O)C(C)C. The van der Waals surface area contributed by atoms with Gasteiger partial charge >= 0.3 is 0 Å². The van der Waals surface area contributed by atoms with Gasteiger partial charge in [0.25, 0.3) is 0 Å². The second-order valence-electron chi connectivity index (χ2n) is 3.61. The van der Waals surface area contributed by atoms with Crippen LogP contribution in [0.2, 0.25) is 0 Å². The van der Waals surface area contributed by atoms with E-state index in [0.29, 0.717) is 0 Å². The van der Waals surface area contributed by atoms with Gasteiger partial charge in [0.1, 0.15) is 0 Å². The van der Waals surface area contributed by atoms with Crippen LogP contribution in [0.25, 0.3) is 0 Å². The van der Waals surface area contributed by atoms with E-state index in [0.717, 1.165) is 0 Å². The highest BCUT2D eigenvalue weighted by Crippen LogP contribution is 2.00. The van der Waals surface area contributed by atoms with E-state index in [1.54, 1.807) is 0 Å². The highest BCUT2D eigenvalue weighted by atomic mass is 16.3. The second-order valence-corrected chi connectivity index (χ2v) is 3.61. The number of carbonyl (C=O) groups is 1. The lowest BCUT2D eigenvalue weighted by molar-refractivity contribution is -0.125. The molecule has 3 heteroatoms. The predicted molar refractivity (Wildman–Crippen MR) is 49.0 cm³/mol. The smallest absolute Gasteiger partial charge is 0.154 e. The maximum Gasteiger partial charge on any atom is 0.154 e. The van der Waals surface area contributed by atoms with Gasteiger partial charge in [-0.3, -0.25) is 4.79 Å². The molecule has 0 aliphatic heterocycles. The number of hydrogen-bond donors (Lipinski definition) is 2. The van der Waals surface area contributed by atoms with Gasteiger partial charge in [0, 0.05) is 12.0 Å². The van der Waals surface area contributed by atoms with Crippen molar-refractivity contribution in [1.82, 2.24) is 5.32 Å². The largest absolute Gasteiger partial charge is 0.394 e. The van der Waals surface area contributed by atoms with Crippen LogP contribution in [-0.2, 0) is 4.79 Å². The lowest BCUT2D eigenvalue weighted by Crippen LogP contribution is -2.45. The number of nitrogens with one attached hydrogen (secondary N) is 1. The van der Waals surface area contributed by atoms with Gasteiger partial charge in [0.15, 0.2) is 5.78 Å². The molecule has 0 spiro atoms. The second kappa shape index (κ2) is 5.27. The van der Waals surface area contributed by atoms with Crippen LogP contribution in [0.3, 0.4) is 0 Å². The number of rotatable bonds is 5. The first-order valence-electron chi connectivity index (χ1n) is 4.39. The summed E-state index contributed by atoms with van der Waals surface area (Å²) in [6, 6.07) is -0.171. The lowest BCUT2D eigenvalue weighted by atomic mass is 10.0. The zero-order chi connectivity index (χ0) is 9.72. The summed E-state index contributed by atoms with van der Waals surface area (Å²) in [6.45, 7) is 7.47. The third-order valence-electron chi connectivity index (χ3n) is 1.63. The van der Waals surface area contributed by atoms with Crippen molar-refractivity contribution in [1.29, 1.82) is 0 Å². The molecule has 0 amide bonds. The quantitative estimate of drug-likeness (QED) is 0.639. The summed E-state index contributed by atoms with van der Waals surface area (Å²) in [5.41, 5.74) is 0. The van der Waals surface area contributed by atoms with Crippen molar-refractivity contribution in [2.75, 3.05) is 6.61 Å². The molecule has 0 aromatic rings. The standard InChI is InChI=1S/C9H19NO2/c1-6(2)9(12)8(5-11)10-7(3)4/h6-8,10-11H,5H2,1-4H3/t8-/m0/s1. The van der Waals surface area contributed by atoms with Crippen molar-refractivity contribution in [3.8, 4) is 0 Å². The van der Waals surface area contributed by atoms with Crippen LogP contribution in [0.1, 0.15) is 27.7 Å². The molecule has 0 radical (unpaired) electrons. The molecule has 0 fully saturated rings. The molecule has 0 unspecified atom stereocenters. The number of hydrogen-bond acceptors (Lipinski definition) is 3. The van der Waals surface area contributed by atoms with E-state index in [2.05, 4.69) is 5.32 Å². The van der Waals surface area contributed by atoms with Crippen LogP contribution in [0.5, 0.6) is 0 Å². The van der Waals surface area contributed by atoms with E-state index < -0.39 is 6.04 Å². The fourth-order valence-corrected chi connectivity index (χ4v) is 1.03. The van der Waals surface area contributed by atoms with E-state index in [9.17, 15) is 4.79 Å². The Balaban J connectivity index is 4.06. The van der Waals surface area contributed by atoms with E-state index in [1.165, 1.54) is 0 Å². The molecule has 0 aliphatic rings. The minimum absolute atomic E-state index is 0.0200. The molecule has 0 aromatic heterocycles. The van der Waals surface area contributed by atoms with Crippen molar-refractivity contribution in [2.24, 2.45) is 5.92 Å². The molecular weight excluding hydrogens is 154 g/mol. The van der Waals surface area contributed by atoms with Gasteiger partial charge in [0.2, 0.25) is 0 Å². The Hall–Kier alpha value is -0.410. The van der Waals surface area contributed by atoms with Gasteiger partial charge in [0.05, 0.1) is 12.6 Å². The van der Waals surface area contributed by atoms with Crippen molar-refractivity contribution in [3.63, 3.8) is 0 Å².